The standard InChI is InChI=1S/C13H28O3Si/c1-8-9-11(10-12(14)15-5)16-17(6,7)13(2,3)4/h11H,8-10H2,1-7H3. The summed E-state index contributed by atoms with van der Waals surface area (Å²) in [7, 11) is -0.364. The van der Waals surface area contributed by atoms with E-state index < -0.39 is 8.32 Å². The number of rotatable bonds is 6. The highest BCUT2D eigenvalue weighted by Gasteiger charge is 2.39. The molecule has 0 radical (unpaired) electrons. The van der Waals surface area contributed by atoms with Crippen molar-refractivity contribution in [1.29, 1.82) is 0 Å². The molecule has 0 bridgehead atoms. The van der Waals surface area contributed by atoms with Crippen molar-refractivity contribution in [2.24, 2.45) is 0 Å². The highest BCUT2D eigenvalue weighted by atomic mass is 28.4. The molecule has 0 spiro atoms. The Hall–Kier alpha value is -0.353. The summed E-state index contributed by atoms with van der Waals surface area (Å²) in [6.45, 7) is 13.2. The molecule has 0 N–H and O–H groups in total. The highest BCUT2D eigenvalue weighted by Crippen LogP contribution is 2.38. The van der Waals surface area contributed by atoms with Crippen molar-refractivity contribution in [3.8, 4) is 0 Å². The van der Waals surface area contributed by atoms with E-state index in [0.717, 1.165) is 12.8 Å². The van der Waals surface area contributed by atoms with Gasteiger partial charge in [0.05, 0.1) is 19.6 Å². The Morgan fingerprint density at radius 2 is 1.82 bits per heavy atom. The first-order chi connectivity index (χ1) is 7.64. The number of hydrogen-bond donors (Lipinski definition) is 0. The Morgan fingerprint density at radius 3 is 2.18 bits per heavy atom. The summed E-state index contributed by atoms with van der Waals surface area (Å²) in [6.07, 6.45) is 2.32. The Morgan fingerprint density at radius 1 is 1.29 bits per heavy atom. The molecule has 1 atom stereocenters. The first-order valence-corrected chi connectivity index (χ1v) is 9.29. The summed E-state index contributed by atoms with van der Waals surface area (Å²) in [5, 5.41) is 0.176. The molecule has 0 saturated heterocycles. The molecule has 0 aromatic rings. The quantitative estimate of drug-likeness (QED) is 0.539. The van der Waals surface area contributed by atoms with Crippen molar-refractivity contribution in [2.45, 2.75) is 71.2 Å². The Labute approximate surface area is 107 Å². The van der Waals surface area contributed by atoms with Gasteiger partial charge in [0.15, 0.2) is 8.32 Å². The first-order valence-electron chi connectivity index (χ1n) is 6.38. The minimum Gasteiger partial charge on any atom is -0.469 e. The Balaban J connectivity index is 4.58. The van der Waals surface area contributed by atoms with Gasteiger partial charge < -0.3 is 9.16 Å². The van der Waals surface area contributed by atoms with Crippen molar-refractivity contribution in [1.82, 2.24) is 0 Å². The molecular weight excluding hydrogens is 232 g/mol. The summed E-state index contributed by atoms with van der Waals surface area (Å²) >= 11 is 0. The molecule has 0 amide bonds. The molecule has 0 fully saturated rings. The topological polar surface area (TPSA) is 35.5 Å². The van der Waals surface area contributed by atoms with Crippen LogP contribution in [0.4, 0.5) is 0 Å². The minimum absolute atomic E-state index is 0.00772. The average molecular weight is 260 g/mol. The van der Waals surface area contributed by atoms with E-state index in [9.17, 15) is 4.79 Å². The largest absolute Gasteiger partial charge is 0.469 e. The zero-order valence-corrected chi connectivity index (χ0v) is 13.4. The maximum absolute atomic E-state index is 11.3. The smallest absolute Gasteiger partial charge is 0.308 e. The molecule has 0 aliphatic carbocycles. The third-order valence-corrected chi connectivity index (χ3v) is 8.04. The second-order valence-corrected chi connectivity index (χ2v) is 10.8. The highest BCUT2D eigenvalue weighted by molar-refractivity contribution is 6.74. The van der Waals surface area contributed by atoms with E-state index in [2.05, 4.69) is 40.8 Å². The van der Waals surface area contributed by atoms with E-state index in [-0.39, 0.29) is 17.1 Å². The van der Waals surface area contributed by atoms with Crippen LogP contribution in [0.3, 0.4) is 0 Å². The molecule has 3 nitrogen and oxygen atoms in total. The van der Waals surface area contributed by atoms with E-state index >= 15 is 0 Å². The van der Waals surface area contributed by atoms with Crippen LogP contribution < -0.4 is 0 Å². The molecule has 17 heavy (non-hydrogen) atoms. The van der Waals surface area contributed by atoms with E-state index in [0.29, 0.717) is 6.42 Å². The van der Waals surface area contributed by atoms with Gasteiger partial charge in [0.25, 0.3) is 0 Å². The van der Waals surface area contributed by atoms with Crippen LogP contribution in [0, 0.1) is 0 Å². The van der Waals surface area contributed by atoms with Gasteiger partial charge in [0, 0.05) is 0 Å². The Bertz CT molecular complexity index is 244. The van der Waals surface area contributed by atoms with Crippen LogP contribution in [0.15, 0.2) is 0 Å². The van der Waals surface area contributed by atoms with Gasteiger partial charge in [-0.3, -0.25) is 4.79 Å². The molecule has 102 valence electrons. The van der Waals surface area contributed by atoms with Gasteiger partial charge in [0.2, 0.25) is 0 Å². The fourth-order valence-electron chi connectivity index (χ4n) is 1.39. The number of methoxy groups -OCH3 is 1. The lowest BCUT2D eigenvalue weighted by molar-refractivity contribution is -0.142. The van der Waals surface area contributed by atoms with Crippen LogP contribution in [-0.2, 0) is 14.0 Å². The molecule has 1 unspecified atom stereocenters. The molecule has 0 heterocycles. The summed E-state index contributed by atoms with van der Waals surface area (Å²) in [5.41, 5.74) is 0. The Kier molecular flexibility index (Phi) is 6.41. The second-order valence-electron chi connectivity index (χ2n) is 6.07. The van der Waals surface area contributed by atoms with E-state index in [1.807, 2.05) is 0 Å². The fourth-order valence-corrected chi connectivity index (χ4v) is 2.78. The van der Waals surface area contributed by atoms with Gasteiger partial charge in [-0.05, 0) is 24.6 Å². The molecule has 0 aliphatic rings. The molecule has 0 aromatic carbocycles. The minimum atomic E-state index is -1.79. The normalized spacial score (nSPS) is 14.5. The predicted molar refractivity (Wildman–Crippen MR) is 73.6 cm³/mol. The van der Waals surface area contributed by atoms with Crippen LogP contribution in [0.2, 0.25) is 18.1 Å². The monoisotopic (exact) mass is 260 g/mol. The van der Waals surface area contributed by atoms with E-state index in [4.69, 9.17) is 9.16 Å². The van der Waals surface area contributed by atoms with Gasteiger partial charge in [-0.25, -0.2) is 0 Å². The average Bonchev–Trinajstić information content (AvgIpc) is 2.15. The van der Waals surface area contributed by atoms with Gasteiger partial charge in [-0.2, -0.15) is 0 Å². The van der Waals surface area contributed by atoms with Crippen molar-refractivity contribution < 1.29 is 14.0 Å². The van der Waals surface area contributed by atoms with Crippen molar-refractivity contribution in [3.63, 3.8) is 0 Å². The first kappa shape index (κ1) is 16.6. The maximum Gasteiger partial charge on any atom is 0.308 e. The second kappa shape index (κ2) is 6.54. The van der Waals surface area contributed by atoms with E-state index in [1.165, 1.54) is 7.11 Å². The van der Waals surface area contributed by atoms with Crippen molar-refractivity contribution in [3.05, 3.63) is 0 Å². The zero-order valence-electron chi connectivity index (χ0n) is 12.4. The summed E-state index contributed by atoms with van der Waals surface area (Å²) in [5.74, 6) is -0.179. The van der Waals surface area contributed by atoms with Gasteiger partial charge in [-0.1, -0.05) is 34.1 Å². The van der Waals surface area contributed by atoms with Crippen LogP contribution in [0.5, 0.6) is 0 Å². The summed E-state index contributed by atoms with van der Waals surface area (Å²) in [6, 6.07) is 0. The van der Waals surface area contributed by atoms with Crippen LogP contribution in [0.1, 0.15) is 47.0 Å². The van der Waals surface area contributed by atoms with Gasteiger partial charge >= 0.3 is 5.97 Å². The third-order valence-electron chi connectivity index (χ3n) is 3.50. The van der Waals surface area contributed by atoms with Crippen LogP contribution in [-0.4, -0.2) is 27.5 Å². The molecule has 0 aliphatic heterocycles. The lowest BCUT2D eigenvalue weighted by Crippen LogP contribution is -2.44. The number of ether oxygens (including phenoxy) is 1. The number of esters is 1. The predicted octanol–water partition coefficient (Wildman–Crippen LogP) is 3.74. The van der Waals surface area contributed by atoms with Crippen LogP contribution >= 0.6 is 0 Å². The zero-order chi connectivity index (χ0) is 13.7. The van der Waals surface area contributed by atoms with Crippen molar-refractivity contribution >= 4 is 14.3 Å². The molecule has 4 heteroatoms. The van der Waals surface area contributed by atoms with Crippen LogP contribution in [0.25, 0.3) is 0 Å². The lowest BCUT2D eigenvalue weighted by atomic mass is 10.1. The maximum atomic E-state index is 11.3. The molecular formula is C13H28O3Si. The molecule has 0 rings (SSSR count). The van der Waals surface area contributed by atoms with Gasteiger partial charge in [0.1, 0.15) is 0 Å². The SMILES string of the molecule is CCCC(CC(=O)OC)O[Si](C)(C)C(C)(C)C. The lowest BCUT2D eigenvalue weighted by Gasteiger charge is -2.39. The van der Waals surface area contributed by atoms with Crippen molar-refractivity contribution in [2.75, 3.05) is 7.11 Å². The molecule has 0 aromatic heterocycles. The third kappa shape index (κ3) is 5.68. The fraction of sp³-hybridized carbons (Fsp3) is 0.923. The van der Waals surface area contributed by atoms with E-state index in [1.54, 1.807) is 0 Å². The molecule has 0 saturated carbocycles. The number of carbonyl (C=O) groups is 1. The van der Waals surface area contributed by atoms with Gasteiger partial charge in [-0.15, -0.1) is 0 Å². The number of carbonyl (C=O) groups excluding carboxylic acids is 1. The summed E-state index contributed by atoms with van der Waals surface area (Å²) in [4.78, 5) is 11.3. The summed E-state index contributed by atoms with van der Waals surface area (Å²) < 4.78 is 11.0. The number of hydrogen-bond acceptors (Lipinski definition) is 3.